The topological polar surface area (TPSA) is 46.6 Å². The number of thioether (sulfide) groups is 1. The zero-order valence-corrected chi connectivity index (χ0v) is 11.7. The number of rotatable bonds is 9. The number of carbonyl (C=O) groups is 2. The van der Waals surface area contributed by atoms with E-state index in [1.54, 1.807) is 23.8 Å². The zero-order valence-electron chi connectivity index (χ0n) is 10.9. The average Bonchev–Trinajstić information content (AvgIpc) is 2.74. The molecule has 0 unspecified atom stereocenters. The standard InChI is InChI=1S/C13H21NO3S/c1-11(17-2)4-3-8-18-9-7-14-12(10-15)5-6-13(14)16/h10,12H,1,3-9H2,2H3/t12-/m1/s1. The molecule has 102 valence electrons. The zero-order chi connectivity index (χ0) is 13.4. The Labute approximate surface area is 113 Å². The molecule has 1 heterocycles. The SMILES string of the molecule is C=C(CCCSCCN1C(=O)CC[C@@H]1C=O)OC. The number of likely N-dealkylation sites (tertiary alicyclic amines) is 1. The summed E-state index contributed by atoms with van der Waals surface area (Å²) in [7, 11) is 1.63. The molecule has 0 N–H and O–H groups in total. The molecule has 1 rings (SSSR count). The summed E-state index contributed by atoms with van der Waals surface area (Å²) in [5.74, 6) is 2.83. The van der Waals surface area contributed by atoms with Crippen LogP contribution in [0.25, 0.3) is 0 Å². The highest BCUT2D eigenvalue weighted by Gasteiger charge is 2.29. The molecule has 1 aliphatic heterocycles. The Kier molecular flexibility index (Phi) is 6.86. The van der Waals surface area contributed by atoms with Gasteiger partial charge in [-0.2, -0.15) is 11.8 Å². The molecule has 0 aliphatic carbocycles. The molecule has 0 saturated carbocycles. The Balaban J connectivity index is 2.08. The molecule has 18 heavy (non-hydrogen) atoms. The molecule has 0 radical (unpaired) electrons. The highest BCUT2D eigenvalue weighted by atomic mass is 32.2. The van der Waals surface area contributed by atoms with Crippen molar-refractivity contribution < 1.29 is 14.3 Å². The maximum atomic E-state index is 11.5. The maximum absolute atomic E-state index is 11.5. The van der Waals surface area contributed by atoms with Gasteiger partial charge in [-0.25, -0.2) is 0 Å². The molecule has 1 amide bonds. The van der Waals surface area contributed by atoms with Crippen LogP contribution in [-0.4, -0.2) is 48.3 Å². The smallest absolute Gasteiger partial charge is 0.223 e. The molecule has 1 saturated heterocycles. The van der Waals surface area contributed by atoms with Crippen LogP contribution < -0.4 is 0 Å². The molecule has 1 fully saturated rings. The molecule has 1 aliphatic rings. The van der Waals surface area contributed by atoms with Crippen LogP contribution in [0, 0.1) is 0 Å². The first-order valence-corrected chi connectivity index (χ1v) is 7.38. The van der Waals surface area contributed by atoms with Gasteiger partial charge < -0.3 is 14.4 Å². The Bertz CT molecular complexity index is 307. The van der Waals surface area contributed by atoms with Crippen LogP contribution in [0.5, 0.6) is 0 Å². The summed E-state index contributed by atoms with van der Waals surface area (Å²) in [4.78, 5) is 24.0. The van der Waals surface area contributed by atoms with Crippen molar-refractivity contribution in [3.8, 4) is 0 Å². The Hall–Kier alpha value is -0.970. The van der Waals surface area contributed by atoms with Crippen molar-refractivity contribution in [3.63, 3.8) is 0 Å². The molecule has 0 bridgehead atoms. The molecule has 0 aromatic heterocycles. The Morgan fingerprint density at radius 2 is 2.39 bits per heavy atom. The van der Waals surface area contributed by atoms with Gasteiger partial charge in [0.2, 0.25) is 5.91 Å². The normalized spacial score (nSPS) is 19.1. The third kappa shape index (κ3) is 4.72. The van der Waals surface area contributed by atoms with E-state index in [2.05, 4.69) is 6.58 Å². The minimum absolute atomic E-state index is 0.112. The van der Waals surface area contributed by atoms with Crippen molar-refractivity contribution in [1.29, 1.82) is 0 Å². The number of methoxy groups -OCH3 is 1. The van der Waals surface area contributed by atoms with E-state index in [1.807, 2.05) is 0 Å². The fourth-order valence-electron chi connectivity index (χ4n) is 1.93. The van der Waals surface area contributed by atoms with Gasteiger partial charge in [0.05, 0.1) is 18.9 Å². The van der Waals surface area contributed by atoms with Gasteiger partial charge in [-0.05, 0) is 18.6 Å². The van der Waals surface area contributed by atoms with Crippen molar-refractivity contribution in [2.45, 2.75) is 31.7 Å². The second-order valence-electron chi connectivity index (χ2n) is 4.29. The fourth-order valence-corrected chi connectivity index (χ4v) is 2.80. The molecule has 4 nitrogen and oxygen atoms in total. The number of allylic oxidation sites excluding steroid dienone is 1. The summed E-state index contributed by atoms with van der Waals surface area (Å²) < 4.78 is 4.99. The van der Waals surface area contributed by atoms with Crippen LogP contribution in [0.3, 0.4) is 0 Å². The minimum Gasteiger partial charge on any atom is -0.502 e. The molecule has 0 aromatic rings. The van der Waals surface area contributed by atoms with Crippen LogP contribution in [0.2, 0.25) is 0 Å². The summed E-state index contributed by atoms with van der Waals surface area (Å²) in [6, 6.07) is -0.189. The molecular formula is C13H21NO3S. The fraction of sp³-hybridized carbons (Fsp3) is 0.692. The van der Waals surface area contributed by atoms with Gasteiger partial charge in [0.25, 0.3) is 0 Å². The van der Waals surface area contributed by atoms with E-state index in [4.69, 9.17) is 4.74 Å². The van der Waals surface area contributed by atoms with Crippen molar-refractivity contribution in [2.24, 2.45) is 0 Å². The molecule has 5 heteroatoms. The second-order valence-corrected chi connectivity index (χ2v) is 5.51. The van der Waals surface area contributed by atoms with E-state index in [-0.39, 0.29) is 11.9 Å². The lowest BCUT2D eigenvalue weighted by molar-refractivity contribution is -0.130. The third-order valence-corrected chi connectivity index (χ3v) is 4.09. The number of carbonyl (C=O) groups excluding carboxylic acids is 2. The van der Waals surface area contributed by atoms with Crippen LogP contribution in [0.4, 0.5) is 0 Å². The van der Waals surface area contributed by atoms with E-state index in [1.165, 1.54) is 0 Å². The third-order valence-electron chi connectivity index (χ3n) is 3.04. The first kappa shape index (κ1) is 15.1. The molecule has 1 atom stereocenters. The summed E-state index contributed by atoms with van der Waals surface area (Å²) >= 11 is 1.80. The lowest BCUT2D eigenvalue weighted by Crippen LogP contribution is -2.35. The first-order chi connectivity index (χ1) is 8.69. The predicted molar refractivity (Wildman–Crippen MR) is 73.5 cm³/mol. The van der Waals surface area contributed by atoms with E-state index < -0.39 is 0 Å². The van der Waals surface area contributed by atoms with E-state index in [9.17, 15) is 9.59 Å². The number of amides is 1. The Morgan fingerprint density at radius 1 is 1.61 bits per heavy atom. The van der Waals surface area contributed by atoms with Crippen LogP contribution in [0.1, 0.15) is 25.7 Å². The van der Waals surface area contributed by atoms with Crippen molar-refractivity contribution in [1.82, 2.24) is 4.90 Å². The highest BCUT2D eigenvalue weighted by Crippen LogP contribution is 2.18. The van der Waals surface area contributed by atoms with Gasteiger partial charge in [0, 0.05) is 25.1 Å². The number of ether oxygens (including phenoxy) is 1. The number of hydrogen-bond donors (Lipinski definition) is 0. The lowest BCUT2D eigenvalue weighted by Gasteiger charge is -2.20. The van der Waals surface area contributed by atoms with Crippen LogP contribution in [0.15, 0.2) is 12.3 Å². The molecule has 0 aromatic carbocycles. The monoisotopic (exact) mass is 271 g/mol. The predicted octanol–water partition coefficient (Wildman–Crippen LogP) is 1.85. The van der Waals surface area contributed by atoms with Gasteiger partial charge in [0.1, 0.15) is 6.29 Å². The Morgan fingerprint density at radius 3 is 3.06 bits per heavy atom. The summed E-state index contributed by atoms with van der Waals surface area (Å²) in [6.07, 6.45) is 3.99. The minimum atomic E-state index is -0.189. The summed E-state index contributed by atoms with van der Waals surface area (Å²) in [5, 5.41) is 0. The van der Waals surface area contributed by atoms with Gasteiger partial charge in [-0.1, -0.05) is 6.58 Å². The number of aldehydes is 1. The average molecular weight is 271 g/mol. The molecule has 0 spiro atoms. The van der Waals surface area contributed by atoms with Crippen LogP contribution >= 0.6 is 11.8 Å². The van der Waals surface area contributed by atoms with Gasteiger partial charge in [-0.15, -0.1) is 0 Å². The quantitative estimate of drug-likeness (QED) is 0.365. The van der Waals surface area contributed by atoms with E-state index >= 15 is 0 Å². The number of nitrogens with zero attached hydrogens (tertiary/aromatic N) is 1. The highest BCUT2D eigenvalue weighted by molar-refractivity contribution is 7.99. The van der Waals surface area contributed by atoms with Crippen LogP contribution in [-0.2, 0) is 14.3 Å². The maximum Gasteiger partial charge on any atom is 0.223 e. The largest absolute Gasteiger partial charge is 0.502 e. The van der Waals surface area contributed by atoms with Crippen molar-refractivity contribution in [3.05, 3.63) is 12.3 Å². The summed E-state index contributed by atoms with van der Waals surface area (Å²) in [5.41, 5.74) is 0. The summed E-state index contributed by atoms with van der Waals surface area (Å²) in [6.45, 7) is 4.44. The number of hydrogen-bond acceptors (Lipinski definition) is 4. The second kappa shape index (κ2) is 8.19. The van der Waals surface area contributed by atoms with Gasteiger partial charge in [0.15, 0.2) is 0 Å². The van der Waals surface area contributed by atoms with E-state index in [0.717, 1.165) is 36.4 Å². The van der Waals surface area contributed by atoms with E-state index in [0.29, 0.717) is 19.4 Å². The van der Waals surface area contributed by atoms with Crippen molar-refractivity contribution in [2.75, 3.05) is 25.2 Å². The molecular weight excluding hydrogens is 250 g/mol. The van der Waals surface area contributed by atoms with Gasteiger partial charge in [-0.3, -0.25) is 4.79 Å². The lowest BCUT2D eigenvalue weighted by atomic mass is 10.2. The first-order valence-electron chi connectivity index (χ1n) is 6.23. The van der Waals surface area contributed by atoms with Crippen molar-refractivity contribution >= 4 is 24.0 Å². The van der Waals surface area contributed by atoms with Gasteiger partial charge >= 0.3 is 0 Å².